The molecule has 0 bridgehead atoms. The molecule has 94 valence electrons. The van der Waals surface area contributed by atoms with Crippen LogP contribution in [-0.2, 0) is 11.3 Å². The SMILES string of the molecule is CCCn1cnnc1C(C)NC(=O)C=C(C)C. The Kier molecular flexibility index (Phi) is 4.87. The van der Waals surface area contributed by atoms with E-state index in [4.69, 9.17) is 0 Å². The molecule has 0 radical (unpaired) electrons. The molecule has 1 heterocycles. The minimum atomic E-state index is -0.132. The molecule has 1 unspecified atom stereocenters. The van der Waals surface area contributed by atoms with Crippen LogP contribution in [0.3, 0.4) is 0 Å². The number of carbonyl (C=O) groups excluding carboxylic acids is 1. The highest BCUT2D eigenvalue weighted by molar-refractivity contribution is 5.88. The molecule has 1 N–H and O–H groups in total. The van der Waals surface area contributed by atoms with Gasteiger partial charge in [0, 0.05) is 12.6 Å². The van der Waals surface area contributed by atoms with Gasteiger partial charge in [-0.05, 0) is 27.2 Å². The maximum absolute atomic E-state index is 11.6. The number of nitrogens with one attached hydrogen (secondary N) is 1. The molecule has 0 saturated heterocycles. The number of nitrogens with zero attached hydrogens (tertiary/aromatic N) is 3. The van der Waals surface area contributed by atoms with E-state index in [-0.39, 0.29) is 11.9 Å². The molecule has 0 fully saturated rings. The van der Waals surface area contributed by atoms with E-state index in [9.17, 15) is 4.79 Å². The van der Waals surface area contributed by atoms with E-state index < -0.39 is 0 Å². The van der Waals surface area contributed by atoms with Crippen molar-refractivity contribution < 1.29 is 4.79 Å². The zero-order chi connectivity index (χ0) is 12.8. The molecule has 1 amide bonds. The Hall–Kier alpha value is -1.65. The molecule has 0 aliphatic carbocycles. The van der Waals surface area contributed by atoms with Gasteiger partial charge in [0.15, 0.2) is 5.82 Å². The van der Waals surface area contributed by atoms with Crippen LogP contribution in [0.2, 0.25) is 0 Å². The van der Waals surface area contributed by atoms with Crippen LogP contribution in [0, 0.1) is 0 Å². The Balaban J connectivity index is 2.69. The summed E-state index contributed by atoms with van der Waals surface area (Å²) in [6, 6.07) is -0.132. The third kappa shape index (κ3) is 4.01. The maximum Gasteiger partial charge on any atom is 0.244 e. The zero-order valence-corrected chi connectivity index (χ0v) is 10.9. The monoisotopic (exact) mass is 236 g/mol. The number of carbonyl (C=O) groups is 1. The highest BCUT2D eigenvalue weighted by Crippen LogP contribution is 2.09. The standard InChI is InChI=1S/C12H20N4O/c1-5-6-16-8-13-15-12(16)10(4)14-11(17)7-9(2)3/h7-8,10H,5-6H2,1-4H3,(H,14,17). The summed E-state index contributed by atoms with van der Waals surface area (Å²) in [6.07, 6.45) is 4.29. The van der Waals surface area contributed by atoms with Crippen LogP contribution in [0.5, 0.6) is 0 Å². The lowest BCUT2D eigenvalue weighted by Crippen LogP contribution is -2.27. The largest absolute Gasteiger partial charge is 0.343 e. The number of hydrogen-bond donors (Lipinski definition) is 1. The number of rotatable bonds is 5. The van der Waals surface area contributed by atoms with Gasteiger partial charge in [-0.25, -0.2) is 0 Å². The summed E-state index contributed by atoms with van der Waals surface area (Å²) in [5, 5.41) is 10.8. The Morgan fingerprint density at radius 3 is 2.88 bits per heavy atom. The van der Waals surface area contributed by atoms with Crippen molar-refractivity contribution in [2.45, 2.75) is 46.7 Å². The predicted molar refractivity (Wildman–Crippen MR) is 66.3 cm³/mol. The fourth-order valence-corrected chi connectivity index (χ4v) is 1.59. The van der Waals surface area contributed by atoms with E-state index in [1.54, 1.807) is 12.4 Å². The normalized spacial score (nSPS) is 12.0. The van der Waals surface area contributed by atoms with Crippen molar-refractivity contribution in [1.29, 1.82) is 0 Å². The summed E-state index contributed by atoms with van der Waals surface area (Å²) < 4.78 is 1.97. The van der Waals surface area contributed by atoms with Gasteiger partial charge in [0.1, 0.15) is 6.33 Å². The number of hydrogen-bond acceptors (Lipinski definition) is 3. The Labute approximate surface area is 102 Å². The second-order valence-corrected chi connectivity index (χ2v) is 4.33. The molecular formula is C12H20N4O. The van der Waals surface area contributed by atoms with E-state index in [1.165, 1.54) is 0 Å². The van der Waals surface area contributed by atoms with Crippen molar-refractivity contribution in [3.63, 3.8) is 0 Å². The van der Waals surface area contributed by atoms with Gasteiger partial charge in [-0.3, -0.25) is 4.79 Å². The van der Waals surface area contributed by atoms with Crippen LogP contribution in [0.25, 0.3) is 0 Å². The van der Waals surface area contributed by atoms with Crippen LogP contribution in [-0.4, -0.2) is 20.7 Å². The van der Waals surface area contributed by atoms with E-state index in [0.29, 0.717) is 0 Å². The fraction of sp³-hybridized carbons (Fsp3) is 0.583. The molecule has 17 heavy (non-hydrogen) atoms. The minimum Gasteiger partial charge on any atom is -0.343 e. The molecule has 0 aliphatic heterocycles. The van der Waals surface area contributed by atoms with Gasteiger partial charge in [0.25, 0.3) is 0 Å². The van der Waals surface area contributed by atoms with Gasteiger partial charge < -0.3 is 9.88 Å². The van der Waals surface area contributed by atoms with Crippen LogP contribution < -0.4 is 5.32 Å². The highest BCUT2D eigenvalue weighted by atomic mass is 16.1. The first-order valence-electron chi connectivity index (χ1n) is 5.87. The smallest absolute Gasteiger partial charge is 0.244 e. The van der Waals surface area contributed by atoms with Crippen molar-refractivity contribution in [2.75, 3.05) is 0 Å². The second kappa shape index (κ2) is 6.18. The van der Waals surface area contributed by atoms with E-state index in [1.807, 2.05) is 25.3 Å². The average molecular weight is 236 g/mol. The molecule has 1 atom stereocenters. The van der Waals surface area contributed by atoms with Crippen LogP contribution in [0.1, 0.15) is 46.0 Å². The summed E-state index contributed by atoms with van der Waals surface area (Å²) in [6.45, 7) is 8.65. The first kappa shape index (κ1) is 13.4. The van der Waals surface area contributed by atoms with Gasteiger partial charge in [-0.1, -0.05) is 12.5 Å². The van der Waals surface area contributed by atoms with Crippen LogP contribution in [0.15, 0.2) is 18.0 Å². The lowest BCUT2D eigenvalue weighted by molar-refractivity contribution is -0.117. The molecule has 5 nitrogen and oxygen atoms in total. The highest BCUT2D eigenvalue weighted by Gasteiger charge is 2.14. The summed E-state index contributed by atoms with van der Waals surface area (Å²) in [5.41, 5.74) is 0.977. The molecule has 1 aromatic heterocycles. The van der Waals surface area contributed by atoms with Gasteiger partial charge in [0.05, 0.1) is 6.04 Å². The maximum atomic E-state index is 11.6. The Morgan fingerprint density at radius 1 is 1.59 bits per heavy atom. The van der Waals surface area contributed by atoms with E-state index in [0.717, 1.165) is 24.4 Å². The van der Waals surface area contributed by atoms with E-state index in [2.05, 4.69) is 22.4 Å². The van der Waals surface area contributed by atoms with Crippen molar-refractivity contribution >= 4 is 5.91 Å². The Bertz CT molecular complexity index is 404. The summed E-state index contributed by atoms with van der Waals surface area (Å²) in [7, 11) is 0. The summed E-state index contributed by atoms with van der Waals surface area (Å²) in [4.78, 5) is 11.6. The molecular weight excluding hydrogens is 216 g/mol. The quantitative estimate of drug-likeness (QED) is 0.793. The fourth-order valence-electron chi connectivity index (χ4n) is 1.59. The minimum absolute atomic E-state index is 0.0939. The molecule has 5 heteroatoms. The summed E-state index contributed by atoms with van der Waals surface area (Å²) >= 11 is 0. The van der Waals surface area contributed by atoms with Gasteiger partial charge >= 0.3 is 0 Å². The zero-order valence-electron chi connectivity index (χ0n) is 10.9. The van der Waals surface area contributed by atoms with Crippen LogP contribution in [0.4, 0.5) is 0 Å². The van der Waals surface area contributed by atoms with Gasteiger partial charge in [0.2, 0.25) is 5.91 Å². The first-order chi connectivity index (χ1) is 8.04. The van der Waals surface area contributed by atoms with E-state index >= 15 is 0 Å². The molecule has 0 aliphatic rings. The van der Waals surface area contributed by atoms with Crippen molar-refractivity contribution in [3.8, 4) is 0 Å². The van der Waals surface area contributed by atoms with Crippen LogP contribution >= 0.6 is 0 Å². The third-order valence-corrected chi connectivity index (χ3v) is 2.28. The number of allylic oxidation sites excluding steroid dienone is 1. The Morgan fingerprint density at radius 2 is 2.29 bits per heavy atom. The topological polar surface area (TPSA) is 59.8 Å². The molecule has 0 aromatic carbocycles. The number of aryl methyl sites for hydroxylation is 1. The van der Waals surface area contributed by atoms with Crippen molar-refractivity contribution in [3.05, 3.63) is 23.8 Å². The van der Waals surface area contributed by atoms with Gasteiger partial charge in [-0.2, -0.15) is 0 Å². The lowest BCUT2D eigenvalue weighted by Gasteiger charge is -2.13. The lowest BCUT2D eigenvalue weighted by atomic mass is 10.2. The first-order valence-corrected chi connectivity index (χ1v) is 5.87. The van der Waals surface area contributed by atoms with Crippen molar-refractivity contribution in [2.24, 2.45) is 0 Å². The average Bonchev–Trinajstić information content (AvgIpc) is 2.64. The van der Waals surface area contributed by atoms with Gasteiger partial charge in [-0.15, -0.1) is 10.2 Å². The predicted octanol–water partition coefficient (Wildman–Crippen LogP) is 1.83. The number of aromatic nitrogens is 3. The molecule has 1 aromatic rings. The van der Waals surface area contributed by atoms with Crippen molar-refractivity contribution in [1.82, 2.24) is 20.1 Å². The summed E-state index contributed by atoms with van der Waals surface area (Å²) in [5.74, 6) is 0.700. The molecule has 1 rings (SSSR count). The third-order valence-electron chi connectivity index (χ3n) is 2.28. The molecule has 0 spiro atoms. The number of amides is 1. The second-order valence-electron chi connectivity index (χ2n) is 4.33. The molecule has 0 saturated carbocycles.